The summed E-state index contributed by atoms with van der Waals surface area (Å²) < 4.78 is 66.0. The number of carbonyl (C=O) groups excluding carboxylic acids is 2. The summed E-state index contributed by atoms with van der Waals surface area (Å²) in [5, 5.41) is 2.31. The molecule has 0 aliphatic rings. The molecule has 0 fully saturated rings. The summed E-state index contributed by atoms with van der Waals surface area (Å²) in [5.41, 5.74) is 1.85. The maximum atomic E-state index is 13.3. The molecule has 2 heterocycles. The normalized spacial score (nSPS) is 11.2. The van der Waals surface area contributed by atoms with Crippen LogP contribution in [0.3, 0.4) is 0 Å². The predicted octanol–water partition coefficient (Wildman–Crippen LogP) is 5.84. The van der Waals surface area contributed by atoms with Gasteiger partial charge in [-0.2, -0.15) is 13.2 Å². The van der Waals surface area contributed by atoms with Crippen molar-refractivity contribution in [2.75, 3.05) is 19.0 Å². The lowest BCUT2D eigenvalue weighted by atomic mass is 10.0. The van der Waals surface area contributed by atoms with E-state index < -0.39 is 30.7 Å². The van der Waals surface area contributed by atoms with Gasteiger partial charge in [-0.3, -0.25) is 10.3 Å². The summed E-state index contributed by atoms with van der Waals surface area (Å²) in [6.45, 7) is -1.80. The number of halogens is 4. The number of esters is 1. The van der Waals surface area contributed by atoms with Crippen molar-refractivity contribution in [2.24, 2.45) is 0 Å². The Morgan fingerprint density at radius 2 is 1.69 bits per heavy atom. The molecular weight excluding hydrogens is 522 g/mol. The van der Waals surface area contributed by atoms with Crippen molar-refractivity contribution in [3.05, 3.63) is 95.1 Å². The van der Waals surface area contributed by atoms with E-state index in [1.165, 1.54) is 18.3 Å². The fraction of sp³-hybridized carbons (Fsp3) is 0.185. The largest absolute Gasteiger partial charge is 0.484 e. The van der Waals surface area contributed by atoms with Crippen LogP contribution in [-0.2, 0) is 22.5 Å². The van der Waals surface area contributed by atoms with Gasteiger partial charge in [0.05, 0.1) is 7.11 Å². The van der Waals surface area contributed by atoms with E-state index in [1.54, 1.807) is 42.5 Å². The van der Waals surface area contributed by atoms with Gasteiger partial charge in [0.2, 0.25) is 0 Å². The van der Waals surface area contributed by atoms with Gasteiger partial charge in [-0.25, -0.2) is 19.0 Å². The first-order valence-corrected chi connectivity index (χ1v) is 11.5. The van der Waals surface area contributed by atoms with Gasteiger partial charge in [0, 0.05) is 11.6 Å². The first-order chi connectivity index (χ1) is 18.6. The van der Waals surface area contributed by atoms with Crippen LogP contribution in [-0.4, -0.2) is 41.9 Å². The molecule has 0 unspecified atom stereocenters. The Morgan fingerprint density at radius 3 is 2.36 bits per heavy atom. The van der Waals surface area contributed by atoms with Crippen molar-refractivity contribution in [1.82, 2.24) is 9.97 Å². The lowest BCUT2D eigenvalue weighted by Crippen LogP contribution is -2.24. The average Bonchev–Trinajstić information content (AvgIpc) is 2.92. The number of benzene rings is 2. The number of ether oxygens (including phenoxy) is 3. The number of hydrogen-bond donors (Lipinski definition) is 1. The Hall–Kier alpha value is -4.74. The summed E-state index contributed by atoms with van der Waals surface area (Å²) in [6.07, 6.45) is -4.39. The minimum Gasteiger partial charge on any atom is -0.484 e. The summed E-state index contributed by atoms with van der Waals surface area (Å²) in [5.74, 6) is -1.68. The van der Waals surface area contributed by atoms with Crippen LogP contribution >= 0.6 is 0 Å². The molecule has 0 atom stereocenters. The molecule has 0 aliphatic carbocycles. The third kappa shape index (κ3) is 7.18. The zero-order valence-corrected chi connectivity index (χ0v) is 20.4. The average molecular weight is 543 g/mol. The van der Waals surface area contributed by atoms with Gasteiger partial charge in [-0.15, -0.1) is 0 Å². The molecular formula is C27H21F4N3O5. The standard InChI is InChI=1S/C27H21F4N3O5/c1-37-25(35)22-23(38-14-17-5-3-2-4-6-17)21-20(24(33-22)34-26(36)39-15-27(29,30)31)12-18(13-32-21)11-16-7-9-19(28)10-8-16/h2-10,12-13H,11,14-15H2,1H3,(H,33,34,36). The lowest BCUT2D eigenvalue weighted by molar-refractivity contribution is -0.159. The van der Waals surface area contributed by atoms with Crippen molar-refractivity contribution in [2.45, 2.75) is 19.2 Å². The van der Waals surface area contributed by atoms with Gasteiger partial charge < -0.3 is 14.2 Å². The Balaban J connectivity index is 1.78. The van der Waals surface area contributed by atoms with Crippen LogP contribution < -0.4 is 10.1 Å². The number of anilines is 1. The number of nitrogens with zero attached hydrogens (tertiary/aromatic N) is 2. The van der Waals surface area contributed by atoms with Crippen molar-refractivity contribution < 1.29 is 41.4 Å². The number of pyridine rings is 2. The Bertz CT molecular complexity index is 1480. The first-order valence-electron chi connectivity index (χ1n) is 11.5. The Kier molecular flexibility index (Phi) is 8.23. The van der Waals surface area contributed by atoms with Crippen LogP contribution in [0, 0.1) is 5.82 Å². The number of carbonyl (C=O) groups is 2. The molecule has 2 aromatic heterocycles. The van der Waals surface area contributed by atoms with Crippen LogP contribution in [0.15, 0.2) is 66.9 Å². The zero-order chi connectivity index (χ0) is 28.0. The summed E-state index contributed by atoms with van der Waals surface area (Å²) in [7, 11) is 1.11. The van der Waals surface area contributed by atoms with Gasteiger partial charge >= 0.3 is 18.2 Å². The first kappa shape index (κ1) is 27.3. The monoisotopic (exact) mass is 543 g/mol. The van der Waals surface area contributed by atoms with Crippen LogP contribution in [0.5, 0.6) is 5.75 Å². The highest BCUT2D eigenvalue weighted by Gasteiger charge is 2.30. The molecule has 12 heteroatoms. The second-order valence-corrected chi connectivity index (χ2v) is 8.26. The molecule has 202 valence electrons. The number of amides is 1. The van der Waals surface area contributed by atoms with Crippen LogP contribution in [0.4, 0.5) is 28.2 Å². The molecule has 1 amide bonds. The SMILES string of the molecule is COC(=O)c1nc(NC(=O)OCC(F)(F)F)c2cc(Cc3ccc(F)cc3)cnc2c1OCc1ccccc1. The molecule has 0 spiro atoms. The summed E-state index contributed by atoms with van der Waals surface area (Å²) in [4.78, 5) is 33.3. The highest BCUT2D eigenvalue weighted by atomic mass is 19.4. The Labute approximate surface area is 219 Å². The van der Waals surface area contributed by atoms with E-state index >= 15 is 0 Å². The lowest BCUT2D eigenvalue weighted by Gasteiger charge is -2.16. The van der Waals surface area contributed by atoms with Crippen molar-refractivity contribution in [3.8, 4) is 5.75 Å². The molecule has 0 aliphatic heterocycles. The molecule has 2 aromatic carbocycles. The molecule has 0 bridgehead atoms. The smallest absolute Gasteiger partial charge is 0.422 e. The second-order valence-electron chi connectivity index (χ2n) is 8.26. The van der Waals surface area contributed by atoms with Gasteiger partial charge in [0.15, 0.2) is 18.1 Å². The molecule has 39 heavy (non-hydrogen) atoms. The predicted molar refractivity (Wildman–Crippen MR) is 132 cm³/mol. The molecule has 4 aromatic rings. The van der Waals surface area contributed by atoms with Gasteiger partial charge in [0.1, 0.15) is 23.8 Å². The number of alkyl halides is 3. The zero-order valence-electron chi connectivity index (χ0n) is 20.4. The van der Waals surface area contributed by atoms with Gasteiger partial charge in [-0.05, 0) is 41.3 Å². The van der Waals surface area contributed by atoms with E-state index in [4.69, 9.17) is 9.47 Å². The maximum Gasteiger partial charge on any atom is 0.422 e. The molecule has 1 N–H and O–H groups in total. The third-order valence-electron chi connectivity index (χ3n) is 5.37. The molecule has 0 saturated carbocycles. The minimum atomic E-state index is -4.75. The van der Waals surface area contributed by atoms with E-state index in [0.717, 1.165) is 18.2 Å². The number of nitrogens with one attached hydrogen (secondary N) is 1. The summed E-state index contributed by atoms with van der Waals surface area (Å²) >= 11 is 0. The molecule has 0 saturated heterocycles. The van der Waals surface area contributed by atoms with Crippen molar-refractivity contribution >= 4 is 28.8 Å². The fourth-order valence-electron chi connectivity index (χ4n) is 3.62. The number of aromatic nitrogens is 2. The van der Waals surface area contributed by atoms with Gasteiger partial charge in [0.25, 0.3) is 0 Å². The second kappa shape index (κ2) is 11.8. The van der Waals surface area contributed by atoms with E-state index in [2.05, 4.69) is 20.0 Å². The quantitative estimate of drug-likeness (QED) is 0.220. The summed E-state index contributed by atoms with van der Waals surface area (Å²) in [6, 6.07) is 16.4. The van der Waals surface area contributed by atoms with E-state index in [1.807, 2.05) is 6.07 Å². The number of methoxy groups -OCH3 is 1. The van der Waals surface area contributed by atoms with E-state index in [9.17, 15) is 27.2 Å². The Morgan fingerprint density at radius 1 is 0.974 bits per heavy atom. The van der Waals surface area contributed by atoms with Crippen LogP contribution in [0.2, 0.25) is 0 Å². The molecule has 0 radical (unpaired) electrons. The molecule has 4 rings (SSSR count). The number of fused-ring (bicyclic) bond motifs is 1. The van der Waals surface area contributed by atoms with Crippen LogP contribution in [0.1, 0.15) is 27.2 Å². The van der Waals surface area contributed by atoms with E-state index in [-0.39, 0.29) is 34.8 Å². The van der Waals surface area contributed by atoms with Crippen LogP contribution in [0.25, 0.3) is 10.9 Å². The van der Waals surface area contributed by atoms with Crippen molar-refractivity contribution in [3.63, 3.8) is 0 Å². The fourth-order valence-corrected chi connectivity index (χ4v) is 3.62. The third-order valence-corrected chi connectivity index (χ3v) is 5.37. The van der Waals surface area contributed by atoms with E-state index in [0.29, 0.717) is 12.0 Å². The highest BCUT2D eigenvalue weighted by molar-refractivity contribution is 6.04. The highest BCUT2D eigenvalue weighted by Crippen LogP contribution is 2.34. The number of hydrogen-bond acceptors (Lipinski definition) is 7. The maximum absolute atomic E-state index is 13.3. The topological polar surface area (TPSA) is 99.6 Å². The number of rotatable bonds is 8. The minimum absolute atomic E-state index is 0.0288. The van der Waals surface area contributed by atoms with Gasteiger partial charge in [-0.1, -0.05) is 42.5 Å². The van der Waals surface area contributed by atoms with Crippen molar-refractivity contribution in [1.29, 1.82) is 0 Å². The molecule has 8 nitrogen and oxygen atoms in total.